The fourth-order valence-corrected chi connectivity index (χ4v) is 5.11. The first-order chi connectivity index (χ1) is 11.6. The predicted molar refractivity (Wildman–Crippen MR) is 92.8 cm³/mol. The summed E-state index contributed by atoms with van der Waals surface area (Å²) < 4.78 is 0. The second kappa shape index (κ2) is 4.66. The normalized spacial score (nSPS) is 23.5. The predicted octanol–water partition coefficient (Wildman–Crippen LogP) is 3.90. The maximum atomic E-state index is 13.4. The van der Waals surface area contributed by atoms with E-state index < -0.39 is 0 Å². The molecule has 1 spiro atoms. The van der Waals surface area contributed by atoms with Gasteiger partial charge in [0.2, 0.25) is 0 Å². The third-order valence-corrected chi connectivity index (χ3v) is 6.28. The van der Waals surface area contributed by atoms with Crippen LogP contribution in [0.3, 0.4) is 0 Å². The molecule has 0 amide bonds. The van der Waals surface area contributed by atoms with Crippen LogP contribution in [0.1, 0.15) is 61.9 Å². The van der Waals surface area contributed by atoms with Gasteiger partial charge in [0.25, 0.3) is 0 Å². The molecule has 0 aliphatic heterocycles. The Hall–Kier alpha value is -2.22. The van der Waals surface area contributed by atoms with E-state index in [1.807, 2.05) is 12.1 Å². The summed E-state index contributed by atoms with van der Waals surface area (Å²) in [7, 11) is 0. The van der Waals surface area contributed by atoms with Crippen molar-refractivity contribution in [2.75, 3.05) is 0 Å². The van der Waals surface area contributed by atoms with Crippen molar-refractivity contribution in [1.29, 1.82) is 0 Å². The van der Waals surface area contributed by atoms with Crippen LogP contribution in [0, 0.1) is 5.41 Å². The Bertz CT molecular complexity index is 922. The van der Waals surface area contributed by atoms with Crippen LogP contribution in [0.25, 0.3) is 0 Å². The Balaban J connectivity index is 1.57. The number of carbonyl (C=O) groups excluding carboxylic acids is 2. The van der Waals surface area contributed by atoms with Gasteiger partial charge < -0.3 is 0 Å². The maximum Gasteiger partial charge on any atom is 0.170 e. The van der Waals surface area contributed by atoms with Crippen molar-refractivity contribution in [3.8, 4) is 0 Å². The lowest BCUT2D eigenvalue weighted by Gasteiger charge is -2.20. The Morgan fingerprint density at radius 2 is 1.62 bits per heavy atom. The third kappa shape index (κ3) is 1.77. The van der Waals surface area contributed by atoms with Gasteiger partial charge in [0.1, 0.15) is 0 Å². The van der Waals surface area contributed by atoms with E-state index in [0.717, 1.165) is 43.2 Å². The SMILES string of the molecule is CC(=O)c1ccc2c(c1)C[C@]1(C2)Cc2ccc3c(c2C1=O)CCC3. The Morgan fingerprint density at radius 3 is 2.46 bits per heavy atom. The van der Waals surface area contributed by atoms with Crippen LogP contribution in [-0.2, 0) is 32.1 Å². The molecule has 1 atom stereocenters. The van der Waals surface area contributed by atoms with Gasteiger partial charge in [-0.1, -0.05) is 24.3 Å². The van der Waals surface area contributed by atoms with E-state index in [9.17, 15) is 9.59 Å². The second-order valence-electron chi connectivity index (χ2n) is 7.77. The van der Waals surface area contributed by atoms with Gasteiger partial charge in [-0.05, 0) is 79.3 Å². The van der Waals surface area contributed by atoms with E-state index in [4.69, 9.17) is 0 Å². The van der Waals surface area contributed by atoms with Crippen LogP contribution in [0.5, 0.6) is 0 Å². The lowest BCUT2D eigenvalue weighted by Crippen LogP contribution is -2.29. The number of rotatable bonds is 1. The first-order valence-corrected chi connectivity index (χ1v) is 8.89. The van der Waals surface area contributed by atoms with E-state index in [-0.39, 0.29) is 11.2 Å². The number of carbonyl (C=O) groups is 2. The minimum Gasteiger partial charge on any atom is -0.295 e. The molecule has 2 aromatic rings. The lowest BCUT2D eigenvalue weighted by molar-refractivity contribution is 0.0830. The summed E-state index contributed by atoms with van der Waals surface area (Å²) in [4.78, 5) is 25.1. The molecular formula is C22H20O2. The zero-order valence-corrected chi connectivity index (χ0v) is 13.9. The van der Waals surface area contributed by atoms with Crippen molar-refractivity contribution in [2.45, 2.75) is 45.4 Å². The molecule has 0 saturated heterocycles. The fourth-order valence-electron chi connectivity index (χ4n) is 5.11. The molecule has 120 valence electrons. The molecule has 2 heteroatoms. The van der Waals surface area contributed by atoms with Crippen molar-refractivity contribution in [3.63, 3.8) is 0 Å². The Morgan fingerprint density at radius 1 is 0.917 bits per heavy atom. The topological polar surface area (TPSA) is 34.1 Å². The highest BCUT2D eigenvalue weighted by molar-refractivity contribution is 6.07. The monoisotopic (exact) mass is 316 g/mol. The number of hydrogen-bond donors (Lipinski definition) is 0. The molecule has 5 rings (SSSR count). The van der Waals surface area contributed by atoms with Crippen molar-refractivity contribution in [2.24, 2.45) is 5.41 Å². The highest BCUT2D eigenvalue weighted by atomic mass is 16.1. The molecule has 0 N–H and O–H groups in total. The van der Waals surface area contributed by atoms with Crippen molar-refractivity contribution < 1.29 is 9.59 Å². The van der Waals surface area contributed by atoms with Gasteiger partial charge in [0.15, 0.2) is 11.6 Å². The van der Waals surface area contributed by atoms with E-state index >= 15 is 0 Å². The smallest absolute Gasteiger partial charge is 0.170 e. The Kier molecular flexibility index (Phi) is 2.75. The standard InChI is InChI=1S/C22H20O2/c1-13(23)15-6-7-16-10-22(12-18(16)9-15)11-17-8-5-14-3-2-4-19(14)20(17)21(22)24/h5-9H,2-4,10-12H2,1H3/t22-/m0/s1. The molecule has 3 aliphatic carbocycles. The summed E-state index contributed by atoms with van der Waals surface area (Å²) in [6.45, 7) is 1.60. The average Bonchev–Trinajstić information content (AvgIpc) is 3.23. The van der Waals surface area contributed by atoms with Crippen LogP contribution in [0.4, 0.5) is 0 Å². The number of aryl methyl sites for hydroxylation is 1. The molecule has 2 aromatic carbocycles. The van der Waals surface area contributed by atoms with Gasteiger partial charge in [-0.25, -0.2) is 0 Å². The van der Waals surface area contributed by atoms with E-state index in [1.165, 1.54) is 34.2 Å². The molecule has 0 unspecified atom stereocenters. The molecule has 3 aliphatic rings. The van der Waals surface area contributed by atoms with Crippen LogP contribution in [0.15, 0.2) is 30.3 Å². The van der Waals surface area contributed by atoms with Crippen LogP contribution in [-0.4, -0.2) is 11.6 Å². The summed E-state index contributed by atoms with van der Waals surface area (Å²) in [6, 6.07) is 10.4. The van der Waals surface area contributed by atoms with E-state index in [2.05, 4.69) is 18.2 Å². The lowest BCUT2D eigenvalue weighted by atomic mass is 9.80. The van der Waals surface area contributed by atoms with Crippen LogP contribution >= 0.6 is 0 Å². The number of hydrogen-bond acceptors (Lipinski definition) is 2. The van der Waals surface area contributed by atoms with Crippen LogP contribution in [0.2, 0.25) is 0 Å². The maximum absolute atomic E-state index is 13.4. The highest BCUT2D eigenvalue weighted by Gasteiger charge is 2.50. The van der Waals surface area contributed by atoms with Crippen molar-refractivity contribution in [1.82, 2.24) is 0 Å². The second-order valence-corrected chi connectivity index (χ2v) is 7.77. The van der Waals surface area contributed by atoms with Crippen LogP contribution < -0.4 is 0 Å². The number of fused-ring (bicyclic) bond motifs is 4. The minimum absolute atomic E-state index is 0.0950. The summed E-state index contributed by atoms with van der Waals surface area (Å²) in [5.74, 6) is 0.453. The van der Waals surface area contributed by atoms with Gasteiger partial charge >= 0.3 is 0 Å². The quantitative estimate of drug-likeness (QED) is 0.748. The Labute approximate surface area is 141 Å². The number of ketones is 2. The largest absolute Gasteiger partial charge is 0.295 e. The van der Waals surface area contributed by atoms with E-state index in [0.29, 0.717) is 5.78 Å². The van der Waals surface area contributed by atoms with Crippen molar-refractivity contribution >= 4 is 11.6 Å². The number of Topliss-reactive ketones (excluding diaryl/α,β-unsaturated/α-hetero) is 2. The van der Waals surface area contributed by atoms with Gasteiger partial charge in [0, 0.05) is 16.5 Å². The summed E-state index contributed by atoms with van der Waals surface area (Å²) in [5.41, 5.74) is 7.92. The van der Waals surface area contributed by atoms with Gasteiger partial charge in [-0.2, -0.15) is 0 Å². The van der Waals surface area contributed by atoms with Crippen molar-refractivity contribution in [3.05, 3.63) is 69.3 Å². The average molecular weight is 316 g/mol. The summed E-state index contributed by atoms with van der Waals surface area (Å²) in [6.07, 6.45) is 5.81. The first kappa shape index (κ1) is 14.2. The first-order valence-electron chi connectivity index (χ1n) is 8.89. The molecule has 24 heavy (non-hydrogen) atoms. The third-order valence-electron chi connectivity index (χ3n) is 6.28. The molecular weight excluding hydrogens is 296 g/mol. The number of benzene rings is 2. The molecule has 0 heterocycles. The molecule has 2 nitrogen and oxygen atoms in total. The van der Waals surface area contributed by atoms with Gasteiger partial charge in [-0.15, -0.1) is 0 Å². The van der Waals surface area contributed by atoms with Gasteiger partial charge in [-0.3, -0.25) is 9.59 Å². The molecule has 0 radical (unpaired) electrons. The molecule has 0 fully saturated rings. The molecule has 0 bridgehead atoms. The highest BCUT2D eigenvalue weighted by Crippen LogP contribution is 2.49. The molecule has 0 aromatic heterocycles. The summed E-state index contributed by atoms with van der Waals surface area (Å²) >= 11 is 0. The van der Waals surface area contributed by atoms with Gasteiger partial charge in [0.05, 0.1) is 0 Å². The zero-order chi connectivity index (χ0) is 16.5. The molecule has 0 saturated carbocycles. The zero-order valence-electron chi connectivity index (χ0n) is 13.9. The van der Waals surface area contributed by atoms with E-state index in [1.54, 1.807) is 6.92 Å². The fraction of sp³-hybridized carbons (Fsp3) is 0.364. The minimum atomic E-state index is -0.294. The summed E-state index contributed by atoms with van der Waals surface area (Å²) in [5, 5.41) is 0.